The summed E-state index contributed by atoms with van der Waals surface area (Å²) >= 11 is 0. The number of ether oxygens (including phenoxy) is 1. The molecule has 0 saturated carbocycles. The molecule has 130 valence electrons. The summed E-state index contributed by atoms with van der Waals surface area (Å²) in [6.07, 6.45) is 2.33. The van der Waals surface area contributed by atoms with Crippen molar-refractivity contribution in [3.8, 4) is 5.75 Å². The van der Waals surface area contributed by atoms with Crippen LogP contribution in [0.5, 0.6) is 5.75 Å². The maximum absolute atomic E-state index is 12.3. The Morgan fingerprint density at radius 2 is 2.17 bits per heavy atom. The summed E-state index contributed by atoms with van der Waals surface area (Å²) < 4.78 is 5.36. The van der Waals surface area contributed by atoms with Crippen LogP contribution in [0, 0.1) is 0 Å². The van der Waals surface area contributed by atoms with Gasteiger partial charge in [0.1, 0.15) is 5.75 Å². The Kier molecular flexibility index (Phi) is 8.37. The largest absolute Gasteiger partial charge is 0.496 e. The molecular formula is C17H28ClN3O2. The summed E-state index contributed by atoms with van der Waals surface area (Å²) in [6, 6.07) is 8.23. The number of rotatable bonds is 6. The highest BCUT2D eigenvalue weighted by atomic mass is 35.5. The maximum atomic E-state index is 12.3. The van der Waals surface area contributed by atoms with E-state index in [4.69, 9.17) is 4.74 Å². The molecule has 1 aliphatic heterocycles. The van der Waals surface area contributed by atoms with E-state index >= 15 is 0 Å². The molecule has 0 aromatic heterocycles. The lowest BCUT2D eigenvalue weighted by Crippen LogP contribution is -2.48. The lowest BCUT2D eigenvalue weighted by molar-refractivity contribution is -0.123. The van der Waals surface area contributed by atoms with E-state index in [1.807, 2.05) is 38.2 Å². The highest BCUT2D eigenvalue weighted by Gasteiger charge is 2.21. The normalized spacial score (nSPS) is 19.5. The van der Waals surface area contributed by atoms with E-state index in [9.17, 15) is 4.79 Å². The number of likely N-dealkylation sites (tertiary alicyclic amines) is 1. The fourth-order valence-corrected chi connectivity index (χ4v) is 3.03. The van der Waals surface area contributed by atoms with Crippen LogP contribution in [0.2, 0.25) is 0 Å². The first kappa shape index (κ1) is 19.7. The Balaban J connectivity index is 0.00000264. The van der Waals surface area contributed by atoms with Gasteiger partial charge in [-0.25, -0.2) is 0 Å². The van der Waals surface area contributed by atoms with Crippen molar-refractivity contribution in [2.45, 2.75) is 31.8 Å². The summed E-state index contributed by atoms with van der Waals surface area (Å²) in [6.45, 7) is 4.38. The molecule has 23 heavy (non-hydrogen) atoms. The van der Waals surface area contributed by atoms with Crippen LogP contribution in [-0.2, 0) is 4.79 Å². The van der Waals surface area contributed by atoms with Crippen molar-refractivity contribution >= 4 is 18.3 Å². The molecule has 0 bridgehead atoms. The van der Waals surface area contributed by atoms with Crippen molar-refractivity contribution in [2.75, 3.05) is 33.8 Å². The third-order valence-corrected chi connectivity index (χ3v) is 4.26. The first-order chi connectivity index (χ1) is 10.6. The number of methoxy groups -OCH3 is 1. The van der Waals surface area contributed by atoms with Crippen molar-refractivity contribution in [1.29, 1.82) is 0 Å². The molecule has 1 saturated heterocycles. The lowest BCUT2D eigenvalue weighted by Gasteiger charge is -2.32. The quantitative estimate of drug-likeness (QED) is 0.830. The maximum Gasteiger partial charge on any atom is 0.234 e. The Hall–Kier alpha value is -1.30. The molecule has 2 N–H and O–H groups in total. The van der Waals surface area contributed by atoms with Gasteiger partial charge in [-0.15, -0.1) is 12.4 Å². The number of amides is 1. The third-order valence-electron chi connectivity index (χ3n) is 4.26. The van der Waals surface area contributed by atoms with Gasteiger partial charge in [0.05, 0.1) is 19.7 Å². The Bertz CT molecular complexity index is 498. The SMILES string of the molecule is CNC1CCCN(CC(=O)NC(C)c2ccccc2OC)C1.Cl. The van der Waals surface area contributed by atoms with Crippen LogP contribution in [0.1, 0.15) is 31.4 Å². The lowest BCUT2D eigenvalue weighted by atomic mass is 10.1. The Morgan fingerprint density at radius 1 is 1.43 bits per heavy atom. The van der Waals surface area contributed by atoms with Crippen LogP contribution < -0.4 is 15.4 Å². The second-order valence-corrected chi connectivity index (χ2v) is 5.89. The molecule has 1 aromatic carbocycles. The minimum absolute atomic E-state index is 0. The molecule has 2 atom stereocenters. The molecular weight excluding hydrogens is 314 g/mol. The number of likely N-dealkylation sites (N-methyl/N-ethyl adjacent to an activating group) is 1. The first-order valence-corrected chi connectivity index (χ1v) is 7.96. The number of nitrogens with one attached hydrogen (secondary N) is 2. The van der Waals surface area contributed by atoms with Gasteiger partial charge in [-0.05, 0) is 39.4 Å². The van der Waals surface area contributed by atoms with Crippen LogP contribution in [0.4, 0.5) is 0 Å². The number of halogens is 1. The second kappa shape index (κ2) is 9.75. The zero-order valence-corrected chi connectivity index (χ0v) is 15.0. The third kappa shape index (κ3) is 5.68. The van der Waals surface area contributed by atoms with Crippen LogP contribution in [0.25, 0.3) is 0 Å². The number of para-hydroxylation sites is 1. The van der Waals surface area contributed by atoms with Gasteiger partial charge in [0.25, 0.3) is 0 Å². The Labute approximate surface area is 145 Å². The second-order valence-electron chi connectivity index (χ2n) is 5.89. The average Bonchev–Trinajstić information content (AvgIpc) is 2.54. The highest BCUT2D eigenvalue weighted by molar-refractivity contribution is 5.85. The molecule has 5 nitrogen and oxygen atoms in total. The van der Waals surface area contributed by atoms with E-state index < -0.39 is 0 Å². The van der Waals surface area contributed by atoms with Gasteiger partial charge >= 0.3 is 0 Å². The Morgan fingerprint density at radius 3 is 2.87 bits per heavy atom. The minimum atomic E-state index is -0.0615. The van der Waals surface area contributed by atoms with E-state index in [2.05, 4.69) is 15.5 Å². The standard InChI is InChI=1S/C17H27N3O2.ClH/c1-13(15-8-4-5-9-16(15)22-3)19-17(21)12-20-10-6-7-14(11-20)18-2;/h4-5,8-9,13-14,18H,6-7,10-12H2,1-3H3,(H,19,21);1H. The molecule has 2 unspecified atom stereocenters. The zero-order chi connectivity index (χ0) is 15.9. The molecule has 1 fully saturated rings. The number of piperidine rings is 1. The van der Waals surface area contributed by atoms with Crippen molar-refractivity contribution in [2.24, 2.45) is 0 Å². The molecule has 0 spiro atoms. The highest BCUT2D eigenvalue weighted by Crippen LogP contribution is 2.24. The molecule has 2 rings (SSSR count). The zero-order valence-electron chi connectivity index (χ0n) is 14.2. The van der Waals surface area contributed by atoms with Crippen molar-refractivity contribution in [3.05, 3.63) is 29.8 Å². The van der Waals surface area contributed by atoms with Gasteiger partial charge in [0, 0.05) is 18.2 Å². The molecule has 6 heteroatoms. The van der Waals surface area contributed by atoms with E-state index in [1.54, 1.807) is 7.11 Å². The molecule has 0 radical (unpaired) electrons. The van der Waals surface area contributed by atoms with Crippen LogP contribution >= 0.6 is 12.4 Å². The molecule has 1 aliphatic rings. The van der Waals surface area contributed by atoms with Gasteiger partial charge in [-0.3, -0.25) is 9.69 Å². The summed E-state index contributed by atoms with van der Waals surface area (Å²) in [5.74, 6) is 0.874. The number of hydrogen-bond acceptors (Lipinski definition) is 4. The van der Waals surface area contributed by atoms with Crippen LogP contribution in [0.3, 0.4) is 0 Å². The fourth-order valence-electron chi connectivity index (χ4n) is 3.03. The van der Waals surface area contributed by atoms with Crippen LogP contribution in [0.15, 0.2) is 24.3 Å². The molecule has 1 heterocycles. The number of carbonyl (C=O) groups excluding carboxylic acids is 1. The first-order valence-electron chi connectivity index (χ1n) is 7.96. The number of nitrogens with zero attached hydrogens (tertiary/aromatic N) is 1. The smallest absolute Gasteiger partial charge is 0.234 e. The topological polar surface area (TPSA) is 53.6 Å². The van der Waals surface area contributed by atoms with E-state index in [-0.39, 0.29) is 24.4 Å². The van der Waals surface area contributed by atoms with Crippen molar-refractivity contribution in [1.82, 2.24) is 15.5 Å². The number of carbonyl (C=O) groups is 1. The van der Waals surface area contributed by atoms with E-state index in [0.29, 0.717) is 12.6 Å². The van der Waals surface area contributed by atoms with Crippen molar-refractivity contribution in [3.63, 3.8) is 0 Å². The van der Waals surface area contributed by atoms with Crippen LogP contribution in [-0.4, -0.2) is 50.6 Å². The summed E-state index contributed by atoms with van der Waals surface area (Å²) in [5.41, 5.74) is 1.00. The summed E-state index contributed by atoms with van der Waals surface area (Å²) in [4.78, 5) is 14.5. The summed E-state index contributed by atoms with van der Waals surface area (Å²) in [5, 5.41) is 6.37. The van der Waals surface area contributed by atoms with E-state index in [0.717, 1.165) is 30.8 Å². The summed E-state index contributed by atoms with van der Waals surface area (Å²) in [7, 11) is 3.64. The van der Waals surface area contributed by atoms with E-state index in [1.165, 1.54) is 6.42 Å². The predicted molar refractivity (Wildman–Crippen MR) is 95.3 cm³/mol. The van der Waals surface area contributed by atoms with Crippen molar-refractivity contribution < 1.29 is 9.53 Å². The van der Waals surface area contributed by atoms with Gasteiger partial charge in [-0.2, -0.15) is 0 Å². The number of benzene rings is 1. The van der Waals surface area contributed by atoms with Gasteiger partial charge in [-0.1, -0.05) is 18.2 Å². The van der Waals surface area contributed by atoms with Gasteiger partial charge in [0.15, 0.2) is 0 Å². The molecule has 1 amide bonds. The minimum Gasteiger partial charge on any atom is -0.496 e. The predicted octanol–water partition coefficient (Wildman–Crippen LogP) is 1.98. The fraction of sp³-hybridized carbons (Fsp3) is 0.588. The molecule has 1 aromatic rings. The average molecular weight is 342 g/mol. The monoisotopic (exact) mass is 341 g/mol. The molecule has 0 aliphatic carbocycles. The number of hydrogen-bond donors (Lipinski definition) is 2. The van der Waals surface area contributed by atoms with Gasteiger partial charge < -0.3 is 15.4 Å². The van der Waals surface area contributed by atoms with Gasteiger partial charge in [0.2, 0.25) is 5.91 Å².